The molecule has 2 rings (SSSR count). The van der Waals surface area contributed by atoms with Gasteiger partial charge in [0.25, 0.3) is 5.91 Å². The summed E-state index contributed by atoms with van der Waals surface area (Å²) in [6.45, 7) is -0.364. The van der Waals surface area contributed by atoms with Crippen molar-refractivity contribution in [1.29, 1.82) is 0 Å². The van der Waals surface area contributed by atoms with Gasteiger partial charge in [0, 0.05) is 12.7 Å². The van der Waals surface area contributed by atoms with Gasteiger partial charge in [0.1, 0.15) is 17.3 Å². The second kappa shape index (κ2) is 8.68. The molecule has 0 heterocycles. The molecule has 1 N–H and O–H groups in total. The summed E-state index contributed by atoms with van der Waals surface area (Å²) < 4.78 is 23.5. The number of methoxy groups -OCH3 is 1. The zero-order chi connectivity index (χ0) is 18.2. The molecule has 0 spiro atoms. The molecule has 6 nitrogen and oxygen atoms in total. The quantitative estimate of drug-likeness (QED) is 0.835. The van der Waals surface area contributed by atoms with E-state index in [4.69, 9.17) is 9.47 Å². The number of nitrogens with one attached hydrogen (secondary N) is 1. The summed E-state index contributed by atoms with van der Waals surface area (Å²) in [7, 11) is 3.05. The van der Waals surface area contributed by atoms with Crippen molar-refractivity contribution in [2.75, 3.05) is 32.6 Å². The summed E-state index contributed by atoms with van der Waals surface area (Å²) in [5, 5.41) is 2.53. The van der Waals surface area contributed by atoms with Crippen molar-refractivity contribution in [2.45, 2.75) is 0 Å². The lowest BCUT2D eigenvalue weighted by atomic mass is 10.3. The summed E-state index contributed by atoms with van der Waals surface area (Å²) in [5.74, 6) is -0.0252. The number of halogens is 1. The van der Waals surface area contributed by atoms with Gasteiger partial charge in [0.05, 0.1) is 13.7 Å². The first-order valence-electron chi connectivity index (χ1n) is 7.54. The molecule has 0 aliphatic rings. The number of rotatable bonds is 7. The number of likely N-dealkylation sites (N-methyl/N-ethyl adjacent to an activating group) is 1. The van der Waals surface area contributed by atoms with Crippen LogP contribution in [-0.2, 0) is 9.59 Å². The molecular formula is C18H19FN2O4. The second-order valence-corrected chi connectivity index (χ2v) is 5.27. The van der Waals surface area contributed by atoms with Gasteiger partial charge in [-0.25, -0.2) is 4.39 Å². The number of carbonyl (C=O) groups is 2. The number of carbonyl (C=O) groups excluding carboxylic acids is 2. The van der Waals surface area contributed by atoms with E-state index in [1.54, 1.807) is 37.4 Å². The highest BCUT2D eigenvalue weighted by Crippen LogP contribution is 2.17. The zero-order valence-corrected chi connectivity index (χ0v) is 14.0. The first kappa shape index (κ1) is 18.3. The van der Waals surface area contributed by atoms with Crippen molar-refractivity contribution in [3.05, 3.63) is 54.3 Å². The van der Waals surface area contributed by atoms with E-state index in [-0.39, 0.29) is 19.1 Å². The Morgan fingerprint density at radius 2 is 1.80 bits per heavy atom. The van der Waals surface area contributed by atoms with Crippen molar-refractivity contribution < 1.29 is 23.5 Å². The van der Waals surface area contributed by atoms with Gasteiger partial charge in [-0.15, -0.1) is 0 Å². The van der Waals surface area contributed by atoms with Gasteiger partial charge in [-0.1, -0.05) is 6.07 Å². The Hall–Kier alpha value is -3.09. The molecule has 0 aliphatic heterocycles. The topological polar surface area (TPSA) is 67.9 Å². The number of hydrogen-bond acceptors (Lipinski definition) is 4. The van der Waals surface area contributed by atoms with Crippen molar-refractivity contribution in [3.63, 3.8) is 0 Å². The van der Waals surface area contributed by atoms with Gasteiger partial charge in [0.15, 0.2) is 6.61 Å². The summed E-state index contributed by atoms with van der Waals surface area (Å²) in [5.41, 5.74) is 0.334. The highest BCUT2D eigenvalue weighted by Gasteiger charge is 2.14. The van der Waals surface area contributed by atoms with E-state index in [2.05, 4.69) is 5.32 Å². The average molecular weight is 346 g/mol. The lowest BCUT2D eigenvalue weighted by Gasteiger charge is -2.17. The van der Waals surface area contributed by atoms with Crippen LogP contribution in [0.25, 0.3) is 0 Å². The zero-order valence-electron chi connectivity index (χ0n) is 14.0. The predicted octanol–water partition coefficient (Wildman–Crippen LogP) is 2.31. The van der Waals surface area contributed by atoms with Crippen LogP contribution in [0.3, 0.4) is 0 Å². The minimum Gasteiger partial charge on any atom is -0.497 e. The minimum atomic E-state index is -0.449. The van der Waals surface area contributed by atoms with E-state index in [0.29, 0.717) is 17.2 Å². The van der Waals surface area contributed by atoms with Gasteiger partial charge in [-0.3, -0.25) is 9.59 Å². The molecule has 0 radical (unpaired) electrons. The molecule has 2 aromatic rings. The average Bonchev–Trinajstić information content (AvgIpc) is 2.59. The SMILES string of the molecule is COc1ccc(OCC(=O)N(C)CC(=O)Nc2cccc(F)c2)cc1. The van der Waals surface area contributed by atoms with Gasteiger partial charge in [-0.2, -0.15) is 0 Å². The molecule has 25 heavy (non-hydrogen) atoms. The molecule has 0 atom stereocenters. The Balaban J connectivity index is 1.79. The van der Waals surface area contributed by atoms with E-state index >= 15 is 0 Å². The minimum absolute atomic E-state index is 0.165. The Kier molecular flexibility index (Phi) is 6.33. The Morgan fingerprint density at radius 3 is 2.44 bits per heavy atom. The molecule has 0 unspecified atom stereocenters. The van der Waals surface area contributed by atoms with Crippen molar-refractivity contribution in [2.24, 2.45) is 0 Å². The Labute approximate surface area is 145 Å². The molecule has 0 saturated carbocycles. The van der Waals surface area contributed by atoms with Gasteiger partial charge < -0.3 is 19.7 Å². The number of anilines is 1. The number of benzene rings is 2. The molecule has 132 valence electrons. The lowest BCUT2D eigenvalue weighted by molar-refractivity contribution is -0.135. The molecule has 0 aromatic heterocycles. The number of nitrogens with zero attached hydrogens (tertiary/aromatic N) is 1. The van der Waals surface area contributed by atoms with Crippen LogP contribution < -0.4 is 14.8 Å². The maximum atomic E-state index is 13.1. The Morgan fingerprint density at radius 1 is 1.12 bits per heavy atom. The molecule has 0 saturated heterocycles. The summed E-state index contributed by atoms with van der Waals surface area (Å²) >= 11 is 0. The monoisotopic (exact) mass is 346 g/mol. The second-order valence-electron chi connectivity index (χ2n) is 5.27. The number of hydrogen-bond donors (Lipinski definition) is 1. The summed E-state index contributed by atoms with van der Waals surface area (Å²) in [6.07, 6.45) is 0. The molecule has 7 heteroatoms. The molecular weight excluding hydrogens is 327 g/mol. The van der Waals surface area contributed by atoms with Crippen LogP contribution in [0.2, 0.25) is 0 Å². The fourth-order valence-corrected chi connectivity index (χ4v) is 2.00. The van der Waals surface area contributed by atoms with Crippen LogP contribution in [0.4, 0.5) is 10.1 Å². The van der Waals surface area contributed by atoms with Gasteiger partial charge in [0.2, 0.25) is 5.91 Å². The highest BCUT2D eigenvalue weighted by atomic mass is 19.1. The normalized spacial score (nSPS) is 10.0. The van der Waals surface area contributed by atoms with Gasteiger partial charge in [-0.05, 0) is 42.5 Å². The lowest BCUT2D eigenvalue weighted by Crippen LogP contribution is -2.37. The van der Waals surface area contributed by atoms with Crippen LogP contribution in [-0.4, -0.2) is 44.0 Å². The number of ether oxygens (including phenoxy) is 2. The third kappa shape index (κ3) is 5.80. The standard InChI is InChI=1S/C18H19FN2O4/c1-21(11-17(22)20-14-5-3-4-13(19)10-14)18(23)12-25-16-8-6-15(24-2)7-9-16/h3-10H,11-12H2,1-2H3,(H,20,22). The molecule has 0 fully saturated rings. The first-order valence-corrected chi connectivity index (χ1v) is 7.54. The first-order chi connectivity index (χ1) is 12.0. The van der Waals surface area contributed by atoms with E-state index in [0.717, 1.165) is 0 Å². The maximum absolute atomic E-state index is 13.1. The molecule has 0 aliphatic carbocycles. The maximum Gasteiger partial charge on any atom is 0.260 e. The fraction of sp³-hybridized carbons (Fsp3) is 0.222. The van der Waals surface area contributed by atoms with Crippen LogP contribution in [0.15, 0.2) is 48.5 Å². The molecule has 0 bridgehead atoms. The largest absolute Gasteiger partial charge is 0.497 e. The third-order valence-corrected chi connectivity index (χ3v) is 3.34. The van der Waals surface area contributed by atoms with Crippen LogP contribution in [0.1, 0.15) is 0 Å². The van der Waals surface area contributed by atoms with Crippen molar-refractivity contribution in [1.82, 2.24) is 4.90 Å². The third-order valence-electron chi connectivity index (χ3n) is 3.34. The van der Waals surface area contributed by atoms with E-state index in [9.17, 15) is 14.0 Å². The van der Waals surface area contributed by atoms with Gasteiger partial charge >= 0.3 is 0 Å². The van der Waals surface area contributed by atoms with Crippen molar-refractivity contribution >= 4 is 17.5 Å². The fourth-order valence-electron chi connectivity index (χ4n) is 2.00. The predicted molar refractivity (Wildman–Crippen MR) is 91.2 cm³/mol. The van der Waals surface area contributed by atoms with Crippen LogP contribution in [0, 0.1) is 5.82 Å². The van der Waals surface area contributed by atoms with E-state index in [1.165, 1.54) is 30.1 Å². The Bertz CT molecular complexity index is 734. The van der Waals surface area contributed by atoms with E-state index < -0.39 is 11.7 Å². The van der Waals surface area contributed by atoms with Crippen LogP contribution >= 0.6 is 0 Å². The van der Waals surface area contributed by atoms with E-state index in [1.807, 2.05) is 0 Å². The number of amides is 2. The smallest absolute Gasteiger partial charge is 0.260 e. The summed E-state index contributed by atoms with van der Waals surface area (Å²) in [4.78, 5) is 25.2. The highest BCUT2D eigenvalue weighted by molar-refractivity contribution is 5.94. The van der Waals surface area contributed by atoms with Crippen molar-refractivity contribution in [3.8, 4) is 11.5 Å². The molecule has 2 aromatic carbocycles. The summed E-state index contributed by atoms with van der Waals surface area (Å²) in [6, 6.07) is 12.3. The molecule has 2 amide bonds. The van der Waals surface area contributed by atoms with Crippen LogP contribution in [0.5, 0.6) is 11.5 Å².